The zero-order chi connectivity index (χ0) is 27.1. The second-order valence-corrected chi connectivity index (χ2v) is 8.37. The van der Waals surface area contributed by atoms with Crippen LogP contribution in [0.3, 0.4) is 0 Å². The normalized spacial score (nSPS) is 11.2. The quantitative estimate of drug-likeness (QED) is 0.249. The van der Waals surface area contributed by atoms with Crippen molar-refractivity contribution in [3.05, 3.63) is 95.9 Å². The van der Waals surface area contributed by atoms with E-state index in [2.05, 4.69) is 10.6 Å². The highest BCUT2D eigenvalue weighted by Crippen LogP contribution is 2.35. The van der Waals surface area contributed by atoms with E-state index in [1.165, 1.54) is 26.4 Å². The number of benzene rings is 2. The molecule has 8 heteroatoms. The van der Waals surface area contributed by atoms with Crippen molar-refractivity contribution in [1.29, 1.82) is 0 Å². The Kier molecular flexibility index (Phi) is 8.13. The highest BCUT2D eigenvalue weighted by atomic mass is 16.5. The average Bonchev–Trinajstić information content (AvgIpc) is 3.54. The number of rotatable bonds is 9. The van der Waals surface area contributed by atoms with Gasteiger partial charge in [0.25, 0.3) is 0 Å². The Morgan fingerprint density at radius 1 is 0.658 bits per heavy atom. The molecule has 194 valence electrons. The van der Waals surface area contributed by atoms with E-state index in [1.807, 2.05) is 50.2 Å². The van der Waals surface area contributed by atoms with E-state index in [9.17, 15) is 9.59 Å². The van der Waals surface area contributed by atoms with Gasteiger partial charge in [0.05, 0.1) is 25.6 Å². The minimum Gasteiger partial charge on any atom is -0.495 e. The van der Waals surface area contributed by atoms with E-state index in [1.54, 1.807) is 36.4 Å². The van der Waals surface area contributed by atoms with E-state index < -0.39 is 0 Å². The van der Waals surface area contributed by atoms with E-state index in [0.29, 0.717) is 34.4 Å². The highest BCUT2D eigenvalue weighted by Gasteiger charge is 2.12. The maximum Gasteiger partial charge on any atom is 0.248 e. The van der Waals surface area contributed by atoms with Crippen molar-refractivity contribution in [2.75, 3.05) is 24.9 Å². The van der Waals surface area contributed by atoms with Crippen molar-refractivity contribution in [1.82, 2.24) is 0 Å². The van der Waals surface area contributed by atoms with Gasteiger partial charge in [-0.25, -0.2) is 0 Å². The molecule has 0 aliphatic rings. The van der Waals surface area contributed by atoms with Crippen LogP contribution in [0.5, 0.6) is 11.5 Å². The first-order valence-corrected chi connectivity index (χ1v) is 11.8. The lowest BCUT2D eigenvalue weighted by molar-refractivity contribution is -0.112. The lowest BCUT2D eigenvalue weighted by Gasteiger charge is -2.14. The third-order valence-electron chi connectivity index (χ3n) is 5.57. The van der Waals surface area contributed by atoms with Gasteiger partial charge in [0.1, 0.15) is 34.5 Å². The summed E-state index contributed by atoms with van der Waals surface area (Å²) in [5, 5.41) is 5.64. The molecule has 2 N–H and O–H groups in total. The Balaban J connectivity index is 1.47. The molecule has 0 atom stereocenters. The number of furan rings is 2. The van der Waals surface area contributed by atoms with Crippen LogP contribution in [0.4, 0.5) is 11.4 Å². The molecular formula is C30H28N2O6. The Hall–Kier alpha value is -4.98. The molecule has 4 aromatic rings. The van der Waals surface area contributed by atoms with Crippen molar-refractivity contribution in [2.45, 2.75) is 13.8 Å². The van der Waals surface area contributed by atoms with Crippen LogP contribution in [0.15, 0.2) is 81.7 Å². The first kappa shape index (κ1) is 26.1. The molecule has 0 spiro atoms. The van der Waals surface area contributed by atoms with Crippen LogP contribution in [-0.4, -0.2) is 26.0 Å². The van der Waals surface area contributed by atoms with Gasteiger partial charge >= 0.3 is 0 Å². The number of hydrogen-bond donors (Lipinski definition) is 2. The SMILES string of the molecule is COc1cc(-c2ccc(NC(=O)C=Cc3ccc(C)o3)c(OC)c2)ccc1NC(=O)C=Cc1ccc(C)o1. The minimum absolute atomic E-state index is 0.317. The number of ether oxygens (including phenoxy) is 2. The molecule has 2 amide bonds. The maximum absolute atomic E-state index is 12.4. The van der Waals surface area contributed by atoms with Crippen LogP contribution in [0.2, 0.25) is 0 Å². The summed E-state index contributed by atoms with van der Waals surface area (Å²) in [5.74, 6) is 3.08. The summed E-state index contributed by atoms with van der Waals surface area (Å²) < 4.78 is 21.9. The van der Waals surface area contributed by atoms with Gasteiger partial charge in [0, 0.05) is 12.2 Å². The smallest absolute Gasteiger partial charge is 0.248 e. The number of hydrogen-bond acceptors (Lipinski definition) is 6. The molecule has 0 bridgehead atoms. The number of aryl methyl sites for hydroxylation is 2. The fourth-order valence-electron chi connectivity index (χ4n) is 3.70. The first-order chi connectivity index (χ1) is 18.3. The Morgan fingerprint density at radius 2 is 1.08 bits per heavy atom. The molecule has 0 aliphatic heterocycles. The predicted molar refractivity (Wildman–Crippen MR) is 147 cm³/mol. The number of carbonyl (C=O) groups is 2. The van der Waals surface area contributed by atoms with Crippen LogP contribution in [0.25, 0.3) is 23.3 Å². The number of anilines is 2. The van der Waals surface area contributed by atoms with Crippen LogP contribution >= 0.6 is 0 Å². The van der Waals surface area contributed by atoms with E-state index >= 15 is 0 Å². The van der Waals surface area contributed by atoms with Crippen LogP contribution < -0.4 is 20.1 Å². The zero-order valence-corrected chi connectivity index (χ0v) is 21.5. The number of methoxy groups -OCH3 is 2. The summed E-state index contributed by atoms with van der Waals surface area (Å²) >= 11 is 0. The molecule has 8 nitrogen and oxygen atoms in total. The van der Waals surface area contributed by atoms with Crippen molar-refractivity contribution in [3.8, 4) is 22.6 Å². The van der Waals surface area contributed by atoms with Crippen LogP contribution in [0.1, 0.15) is 23.0 Å². The Bertz CT molecular complexity index is 1390. The molecule has 2 aromatic heterocycles. The molecule has 0 unspecified atom stereocenters. The summed E-state index contributed by atoms with van der Waals surface area (Å²) in [5.41, 5.74) is 2.73. The zero-order valence-electron chi connectivity index (χ0n) is 21.5. The summed E-state index contributed by atoms with van der Waals surface area (Å²) in [6.07, 6.45) is 6.00. The van der Waals surface area contributed by atoms with Crippen LogP contribution in [-0.2, 0) is 9.59 Å². The maximum atomic E-state index is 12.4. The molecule has 2 aromatic carbocycles. The second-order valence-electron chi connectivity index (χ2n) is 8.37. The third kappa shape index (κ3) is 6.61. The van der Waals surface area contributed by atoms with Gasteiger partial charge in [-0.15, -0.1) is 0 Å². The van der Waals surface area contributed by atoms with Gasteiger partial charge in [-0.1, -0.05) is 12.1 Å². The largest absolute Gasteiger partial charge is 0.495 e. The molecule has 0 fully saturated rings. The lowest BCUT2D eigenvalue weighted by atomic mass is 10.0. The molecule has 0 radical (unpaired) electrons. The van der Waals surface area contributed by atoms with Gasteiger partial charge in [-0.2, -0.15) is 0 Å². The Labute approximate surface area is 220 Å². The minimum atomic E-state index is -0.317. The number of carbonyl (C=O) groups excluding carboxylic acids is 2. The summed E-state index contributed by atoms with van der Waals surface area (Å²) in [4.78, 5) is 24.8. The number of amides is 2. The second kappa shape index (κ2) is 11.8. The third-order valence-corrected chi connectivity index (χ3v) is 5.57. The van der Waals surface area contributed by atoms with Crippen molar-refractivity contribution < 1.29 is 27.9 Å². The standard InChI is InChI=1S/C30H28N2O6/c1-19-5-9-23(37-19)11-15-29(33)31-25-13-7-21(17-27(25)35-3)22-8-14-26(28(18-22)36-4)32-30(34)16-12-24-10-6-20(2)38-24/h5-18H,1-4H3,(H,31,33)(H,32,34). The van der Waals surface area contributed by atoms with Crippen LogP contribution in [0, 0.1) is 13.8 Å². The fraction of sp³-hybridized carbons (Fsp3) is 0.133. The van der Waals surface area contributed by atoms with E-state index in [-0.39, 0.29) is 11.8 Å². The van der Waals surface area contributed by atoms with Gasteiger partial charge < -0.3 is 28.9 Å². The monoisotopic (exact) mass is 512 g/mol. The predicted octanol–water partition coefficient (Wildman–Crippen LogP) is 6.48. The first-order valence-electron chi connectivity index (χ1n) is 11.8. The highest BCUT2D eigenvalue weighted by molar-refractivity contribution is 6.03. The topological polar surface area (TPSA) is 103 Å². The molecule has 2 heterocycles. The van der Waals surface area contributed by atoms with Gasteiger partial charge in [-0.3, -0.25) is 9.59 Å². The average molecular weight is 513 g/mol. The molecule has 38 heavy (non-hydrogen) atoms. The molecule has 0 saturated heterocycles. The van der Waals surface area contributed by atoms with Crippen molar-refractivity contribution >= 4 is 35.3 Å². The van der Waals surface area contributed by atoms with E-state index in [4.69, 9.17) is 18.3 Å². The van der Waals surface area contributed by atoms with Gasteiger partial charge in [-0.05, 0) is 85.7 Å². The van der Waals surface area contributed by atoms with Crippen molar-refractivity contribution in [2.24, 2.45) is 0 Å². The van der Waals surface area contributed by atoms with E-state index in [0.717, 1.165) is 22.6 Å². The van der Waals surface area contributed by atoms with Crippen molar-refractivity contribution in [3.63, 3.8) is 0 Å². The molecule has 0 saturated carbocycles. The fourth-order valence-corrected chi connectivity index (χ4v) is 3.70. The lowest BCUT2D eigenvalue weighted by Crippen LogP contribution is -2.09. The number of nitrogens with one attached hydrogen (secondary N) is 2. The van der Waals surface area contributed by atoms with Gasteiger partial charge in [0.2, 0.25) is 11.8 Å². The van der Waals surface area contributed by atoms with Gasteiger partial charge in [0.15, 0.2) is 0 Å². The molecule has 4 rings (SSSR count). The molecule has 0 aliphatic carbocycles. The summed E-state index contributed by atoms with van der Waals surface area (Å²) in [6, 6.07) is 18.1. The summed E-state index contributed by atoms with van der Waals surface area (Å²) in [7, 11) is 3.07. The summed E-state index contributed by atoms with van der Waals surface area (Å²) in [6.45, 7) is 3.68. The molecular weight excluding hydrogens is 484 g/mol. The Morgan fingerprint density at radius 3 is 1.42 bits per heavy atom.